The second kappa shape index (κ2) is 10.5. The van der Waals surface area contributed by atoms with E-state index in [2.05, 4.69) is 24.8 Å². The molecule has 0 unspecified atom stereocenters. The van der Waals surface area contributed by atoms with Crippen molar-refractivity contribution in [2.24, 2.45) is 0 Å². The van der Waals surface area contributed by atoms with E-state index in [-0.39, 0.29) is 25.6 Å². The lowest BCUT2D eigenvalue weighted by atomic mass is 10.2. The molecule has 11 nitrogen and oxygen atoms in total. The summed E-state index contributed by atoms with van der Waals surface area (Å²) in [4.78, 5) is 23.8. The molecule has 0 aliphatic carbocycles. The number of rotatable bonds is 11. The van der Waals surface area contributed by atoms with Crippen molar-refractivity contribution in [1.29, 1.82) is 0 Å². The zero-order valence-electron chi connectivity index (χ0n) is 17.3. The molecule has 3 aromatic rings. The third kappa shape index (κ3) is 6.31. The molecule has 0 spiro atoms. The van der Waals surface area contributed by atoms with E-state index in [1.165, 1.54) is 13.4 Å². The zero-order valence-corrected chi connectivity index (χ0v) is 18.2. The van der Waals surface area contributed by atoms with Crippen LogP contribution in [-0.2, 0) is 36.5 Å². The molecule has 2 heterocycles. The van der Waals surface area contributed by atoms with Gasteiger partial charge < -0.3 is 24.3 Å². The molecule has 3 rings (SSSR count). The quantitative estimate of drug-likeness (QED) is 0.330. The third-order valence-corrected chi connectivity index (χ3v) is 6.06. The second-order valence-electron chi connectivity index (χ2n) is 6.78. The van der Waals surface area contributed by atoms with E-state index in [1.807, 2.05) is 37.3 Å². The molecule has 3 N–H and O–H groups in total. The van der Waals surface area contributed by atoms with Gasteiger partial charge in [0.25, 0.3) is 7.52 Å². The maximum absolute atomic E-state index is 13.2. The summed E-state index contributed by atoms with van der Waals surface area (Å²) < 4.78 is 31.1. The first-order valence-electron chi connectivity index (χ1n) is 9.52. The molecule has 0 radical (unpaired) electrons. The first-order chi connectivity index (χ1) is 14.9. The number of anilines is 1. The monoisotopic (exact) mass is 448 g/mol. The molecule has 0 amide bonds. The van der Waals surface area contributed by atoms with Gasteiger partial charge in [0.15, 0.2) is 11.5 Å². The Morgan fingerprint density at radius 1 is 1.26 bits per heavy atom. The Balaban J connectivity index is 1.62. The first kappa shape index (κ1) is 22.8. The molecule has 0 bridgehead atoms. The maximum atomic E-state index is 13.2. The van der Waals surface area contributed by atoms with Gasteiger partial charge >= 0.3 is 5.97 Å². The standard InChI is InChI=1S/C19H25N6O5P/c1-14(9-25-12-23-17-18(20)21-11-22-19(17)25)29-13-31(27,24-8-16(26)28-2)30-10-15-6-4-3-5-7-15/h3-7,11-12,14H,8-10,13H2,1-2H3,(H,24,27)(H2,20,21,22)/t14-,31+/m1/s1. The predicted molar refractivity (Wildman–Crippen MR) is 114 cm³/mol. The van der Waals surface area contributed by atoms with E-state index in [0.29, 0.717) is 23.5 Å². The van der Waals surface area contributed by atoms with E-state index < -0.39 is 13.5 Å². The minimum absolute atomic E-state index is 0.104. The maximum Gasteiger partial charge on any atom is 0.320 e. The number of nitrogen functional groups attached to an aromatic ring is 1. The molecule has 0 aliphatic rings. The van der Waals surface area contributed by atoms with Crippen molar-refractivity contribution < 1.29 is 23.4 Å². The molecule has 2 aromatic heterocycles. The number of nitrogens with one attached hydrogen (secondary N) is 1. The number of carbonyl (C=O) groups is 1. The topological polar surface area (TPSA) is 143 Å². The summed E-state index contributed by atoms with van der Waals surface area (Å²) in [7, 11) is -2.24. The molecule has 2 atom stereocenters. The number of hydrogen-bond donors (Lipinski definition) is 2. The summed E-state index contributed by atoms with van der Waals surface area (Å²) in [6.07, 6.45) is 2.37. The van der Waals surface area contributed by atoms with E-state index in [1.54, 1.807) is 10.9 Å². The van der Waals surface area contributed by atoms with Gasteiger partial charge in [0.2, 0.25) is 0 Å². The van der Waals surface area contributed by atoms with Gasteiger partial charge in [0, 0.05) is 0 Å². The van der Waals surface area contributed by atoms with Crippen LogP contribution in [0.2, 0.25) is 0 Å². The van der Waals surface area contributed by atoms with Gasteiger partial charge in [0.1, 0.15) is 24.7 Å². The van der Waals surface area contributed by atoms with Crippen LogP contribution in [-0.4, -0.2) is 51.6 Å². The predicted octanol–water partition coefficient (Wildman–Crippen LogP) is 1.94. The number of ether oxygens (including phenoxy) is 2. The highest BCUT2D eigenvalue weighted by molar-refractivity contribution is 7.56. The summed E-state index contributed by atoms with van der Waals surface area (Å²) in [5, 5.41) is 2.65. The highest BCUT2D eigenvalue weighted by Gasteiger charge is 2.26. The first-order valence-corrected chi connectivity index (χ1v) is 11.3. The number of nitrogens with zero attached hydrogens (tertiary/aromatic N) is 4. The Morgan fingerprint density at radius 3 is 2.77 bits per heavy atom. The van der Waals surface area contributed by atoms with Crippen LogP contribution >= 0.6 is 7.52 Å². The number of benzene rings is 1. The summed E-state index contributed by atoms with van der Waals surface area (Å²) in [5.41, 5.74) is 7.74. The fourth-order valence-electron chi connectivity index (χ4n) is 2.73. The molecular formula is C19H25N6O5P. The highest BCUT2D eigenvalue weighted by atomic mass is 31.2. The smallest absolute Gasteiger partial charge is 0.320 e. The summed E-state index contributed by atoms with van der Waals surface area (Å²) >= 11 is 0. The van der Waals surface area contributed by atoms with Crippen molar-refractivity contribution in [3.05, 3.63) is 48.5 Å². The van der Waals surface area contributed by atoms with Crippen molar-refractivity contribution in [2.75, 3.05) is 25.7 Å². The van der Waals surface area contributed by atoms with Gasteiger partial charge in [-0.2, -0.15) is 0 Å². The van der Waals surface area contributed by atoms with Gasteiger partial charge in [0.05, 0.1) is 32.7 Å². The second-order valence-corrected chi connectivity index (χ2v) is 8.96. The van der Waals surface area contributed by atoms with Crippen LogP contribution in [0, 0.1) is 0 Å². The molecule has 0 aliphatic heterocycles. The van der Waals surface area contributed by atoms with Crippen LogP contribution in [0.4, 0.5) is 5.82 Å². The average molecular weight is 448 g/mol. The van der Waals surface area contributed by atoms with E-state index >= 15 is 0 Å². The van der Waals surface area contributed by atoms with Crippen molar-refractivity contribution in [1.82, 2.24) is 24.6 Å². The largest absolute Gasteiger partial charge is 0.468 e. The van der Waals surface area contributed by atoms with Gasteiger partial charge in [-0.25, -0.2) is 20.0 Å². The Morgan fingerprint density at radius 2 is 2.03 bits per heavy atom. The number of nitrogens with two attached hydrogens (primary N) is 1. The van der Waals surface area contributed by atoms with Crippen LogP contribution < -0.4 is 10.8 Å². The lowest BCUT2D eigenvalue weighted by Crippen LogP contribution is -2.26. The Bertz CT molecular complexity index is 1060. The zero-order chi connectivity index (χ0) is 22.3. The normalized spacial score (nSPS) is 14.3. The minimum atomic E-state index is -3.50. The molecule has 0 saturated heterocycles. The molecular weight excluding hydrogens is 423 g/mol. The highest BCUT2D eigenvalue weighted by Crippen LogP contribution is 2.43. The molecule has 166 valence electrons. The Labute approximate surface area is 179 Å². The Hall–Kier alpha value is -2.85. The minimum Gasteiger partial charge on any atom is -0.468 e. The summed E-state index contributed by atoms with van der Waals surface area (Å²) in [6, 6.07) is 9.30. The SMILES string of the molecule is COC(=O)CN[P@](=O)(CO[C@H](C)Cn1cnc2c(N)ncnc21)OCc1ccccc1. The van der Waals surface area contributed by atoms with Crippen LogP contribution in [0.5, 0.6) is 0 Å². The lowest BCUT2D eigenvalue weighted by Gasteiger charge is -2.22. The van der Waals surface area contributed by atoms with E-state index in [9.17, 15) is 9.36 Å². The van der Waals surface area contributed by atoms with Crippen molar-refractivity contribution in [3.8, 4) is 0 Å². The molecule has 0 saturated carbocycles. The average Bonchev–Trinajstić information content (AvgIpc) is 3.19. The van der Waals surface area contributed by atoms with Crippen LogP contribution in [0.3, 0.4) is 0 Å². The number of fused-ring (bicyclic) bond motifs is 1. The van der Waals surface area contributed by atoms with Gasteiger partial charge in [-0.3, -0.25) is 9.36 Å². The van der Waals surface area contributed by atoms with E-state index in [0.717, 1.165) is 5.56 Å². The number of carbonyl (C=O) groups excluding carboxylic acids is 1. The van der Waals surface area contributed by atoms with Gasteiger partial charge in [-0.15, -0.1) is 0 Å². The van der Waals surface area contributed by atoms with Crippen LogP contribution in [0.25, 0.3) is 11.2 Å². The molecule has 0 fully saturated rings. The number of hydrogen-bond acceptors (Lipinski definition) is 9. The fourth-order valence-corrected chi connectivity index (χ4v) is 4.16. The number of imidazole rings is 1. The third-order valence-electron chi connectivity index (χ3n) is 4.39. The van der Waals surface area contributed by atoms with E-state index in [4.69, 9.17) is 15.0 Å². The van der Waals surface area contributed by atoms with Crippen molar-refractivity contribution >= 4 is 30.5 Å². The van der Waals surface area contributed by atoms with Crippen LogP contribution in [0.15, 0.2) is 43.0 Å². The van der Waals surface area contributed by atoms with Gasteiger partial charge in [-0.1, -0.05) is 30.3 Å². The number of esters is 1. The van der Waals surface area contributed by atoms with Crippen LogP contribution in [0.1, 0.15) is 12.5 Å². The van der Waals surface area contributed by atoms with Gasteiger partial charge in [-0.05, 0) is 12.5 Å². The molecule has 12 heteroatoms. The fraction of sp³-hybridized carbons (Fsp3) is 0.368. The number of methoxy groups -OCH3 is 1. The summed E-state index contributed by atoms with van der Waals surface area (Å²) in [5.74, 6) is -0.262. The molecule has 31 heavy (non-hydrogen) atoms. The Kier molecular flexibility index (Phi) is 7.69. The van der Waals surface area contributed by atoms with Crippen molar-refractivity contribution in [3.63, 3.8) is 0 Å². The molecule has 1 aromatic carbocycles. The summed E-state index contributed by atoms with van der Waals surface area (Å²) in [6.45, 7) is 2.05. The lowest BCUT2D eigenvalue weighted by molar-refractivity contribution is -0.139. The number of aromatic nitrogens is 4. The van der Waals surface area contributed by atoms with Crippen molar-refractivity contribution in [2.45, 2.75) is 26.2 Å².